The highest BCUT2D eigenvalue weighted by atomic mass is 16.5. The number of benzene rings is 1. The lowest BCUT2D eigenvalue weighted by Gasteiger charge is -2.35. The summed E-state index contributed by atoms with van der Waals surface area (Å²) in [6.45, 7) is 2.77. The monoisotopic (exact) mass is 383 g/mol. The van der Waals surface area contributed by atoms with Gasteiger partial charge in [-0.1, -0.05) is 17.3 Å². The molecule has 1 atom stereocenters. The van der Waals surface area contributed by atoms with E-state index in [0.717, 1.165) is 63.9 Å². The van der Waals surface area contributed by atoms with Gasteiger partial charge >= 0.3 is 0 Å². The van der Waals surface area contributed by atoms with Gasteiger partial charge in [0.05, 0.1) is 19.3 Å². The molecule has 1 aromatic heterocycles. The molecule has 150 valence electrons. The van der Waals surface area contributed by atoms with Gasteiger partial charge in [0.2, 0.25) is 0 Å². The predicted molar refractivity (Wildman–Crippen MR) is 107 cm³/mol. The third-order valence-electron chi connectivity index (χ3n) is 5.93. The lowest BCUT2D eigenvalue weighted by Crippen LogP contribution is -2.45. The maximum absolute atomic E-state index is 13.2. The normalized spacial score (nSPS) is 20.9. The summed E-state index contributed by atoms with van der Waals surface area (Å²) in [4.78, 5) is 15.2. The van der Waals surface area contributed by atoms with E-state index >= 15 is 0 Å². The van der Waals surface area contributed by atoms with Crippen LogP contribution in [0.4, 0.5) is 0 Å². The van der Waals surface area contributed by atoms with Crippen LogP contribution in [0.1, 0.15) is 54.2 Å². The molecule has 0 radical (unpaired) electrons. The Morgan fingerprint density at radius 1 is 1.18 bits per heavy atom. The fourth-order valence-electron chi connectivity index (χ4n) is 4.29. The summed E-state index contributed by atoms with van der Waals surface area (Å²) >= 11 is 0. The van der Waals surface area contributed by atoms with E-state index in [4.69, 9.17) is 4.74 Å². The lowest BCUT2D eigenvalue weighted by atomic mass is 9.95. The number of nitrogens with one attached hydrogen (secondary N) is 1. The Hall–Kier alpha value is -2.41. The van der Waals surface area contributed by atoms with Gasteiger partial charge in [0, 0.05) is 12.6 Å². The fraction of sp³-hybridized carbons (Fsp3) is 0.571. The molecule has 2 fully saturated rings. The van der Waals surface area contributed by atoms with Crippen molar-refractivity contribution in [3.05, 3.63) is 41.7 Å². The zero-order valence-corrected chi connectivity index (χ0v) is 16.5. The lowest BCUT2D eigenvalue weighted by molar-refractivity contribution is 0.0607. The van der Waals surface area contributed by atoms with E-state index in [1.54, 1.807) is 7.11 Å². The van der Waals surface area contributed by atoms with E-state index < -0.39 is 0 Å². The highest BCUT2D eigenvalue weighted by Crippen LogP contribution is 2.24. The zero-order chi connectivity index (χ0) is 19.3. The van der Waals surface area contributed by atoms with E-state index in [1.807, 2.05) is 27.9 Å². The molecule has 2 aliphatic rings. The Kier molecular flexibility index (Phi) is 5.90. The molecular formula is C21H29N5O2. The van der Waals surface area contributed by atoms with Crippen molar-refractivity contribution >= 4 is 5.91 Å². The maximum Gasteiger partial charge on any atom is 0.276 e. The molecule has 1 aromatic carbocycles. The summed E-state index contributed by atoms with van der Waals surface area (Å²) < 4.78 is 7.13. The van der Waals surface area contributed by atoms with Crippen molar-refractivity contribution in [3.63, 3.8) is 0 Å². The first-order valence-corrected chi connectivity index (χ1v) is 10.3. The summed E-state index contributed by atoms with van der Waals surface area (Å²) in [5.41, 5.74) is 1.70. The number of rotatable bonds is 5. The standard InChI is InChI=1S/C21H29N5O2/c1-28-19-7-5-16(6-8-19)14-18-4-2-3-13-25(18)21(27)20-15-26(24-23-20)17-9-11-22-12-10-17/h5-8,15,17-18,22H,2-4,9-14H2,1H3. The number of methoxy groups -OCH3 is 1. The number of carbonyl (C=O) groups is 1. The fourth-order valence-corrected chi connectivity index (χ4v) is 4.29. The summed E-state index contributed by atoms with van der Waals surface area (Å²) in [7, 11) is 1.67. The van der Waals surface area contributed by atoms with Gasteiger partial charge in [0.1, 0.15) is 5.75 Å². The number of amides is 1. The van der Waals surface area contributed by atoms with Gasteiger partial charge < -0.3 is 15.0 Å². The molecule has 1 amide bonds. The number of nitrogens with zero attached hydrogens (tertiary/aromatic N) is 4. The molecule has 4 rings (SSSR count). The van der Waals surface area contributed by atoms with Crippen molar-refractivity contribution in [2.45, 2.75) is 50.6 Å². The van der Waals surface area contributed by atoms with Gasteiger partial charge in [-0.2, -0.15) is 0 Å². The van der Waals surface area contributed by atoms with Gasteiger partial charge in [-0.3, -0.25) is 4.79 Å². The topological polar surface area (TPSA) is 72.3 Å². The van der Waals surface area contributed by atoms with Crippen molar-refractivity contribution < 1.29 is 9.53 Å². The van der Waals surface area contributed by atoms with Gasteiger partial charge in [-0.05, 0) is 69.3 Å². The Bertz CT molecular complexity index is 782. The van der Waals surface area contributed by atoms with Crippen LogP contribution >= 0.6 is 0 Å². The molecule has 3 heterocycles. The molecule has 28 heavy (non-hydrogen) atoms. The number of piperidine rings is 2. The number of ether oxygens (including phenoxy) is 1. The smallest absolute Gasteiger partial charge is 0.276 e. The SMILES string of the molecule is COc1ccc(CC2CCCCN2C(=O)c2cn(C3CCNCC3)nn2)cc1. The second-order valence-corrected chi connectivity index (χ2v) is 7.77. The Morgan fingerprint density at radius 2 is 1.96 bits per heavy atom. The molecule has 0 saturated carbocycles. The van der Waals surface area contributed by atoms with E-state index in [-0.39, 0.29) is 11.9 Å². The quantitative estimate of drug-likeness (QED) is 0.859. The van der Waals surface area contributed by atoms with Crippen LogP contribution in [-0.4, -0.2) is 58.6 Å². The van der Waals surface area contributed by atoms with Gasteiger partial charge in [-0.25, -0.2) is 4.68 Å². The Balaban J connectivity index is 1.45. The first-order chi connectivity index (χ1) is 13.7. The maximum atomic E-state index is 13.2. The van der Waals surface area contributed by atoms with Crippen LogP contribution < -0.4 is 10.1 Å². The largest absolute Gasteiger partial charge is 0.497 e. The molecule has 0 aliphatic carbocycles. The summed E-state index contributed by atoms with van der Waals surface area (Å²) in [5.74, 6) is 0.869. The van der Waals surface area contributed by atoms with Crippen LogP contribution in [0.15, 0.2) is 30.5 Å². The van der Waals surface area contributed by atoms with Crippen LogP contribution in [0.2, 0.25) is 0 Å². The second kappa shape index (κ2) is 8.73. The summed E-state index contributed by atoms with van der Waals surface area (Å²) in [6, 6.07) is 8.68. The van der Waals surface area contributed by atoms with Crippen LogP contribution in [0.3, 0.4) is 0 Å². The zero-order valence-electron chi connectivity index (χ0n) is 16.5. The molecule has 2 aliphatic heterocycles. The van der Waals surface area contributed by atoms with Crippen LogP contribution in [0.5, 0.6) is 5.75 Å². The van der Waals surface area contributed by atoms with Crippen molar-refractivity contribution in [2.24, 2.45) is 0 Å². The first-order valence-electron chi connectivity index (χ1n) is 10.3. The van der Waals surface area contributed by atoms with Crippen LogP contribution in [0, 0.1) is 0 Å². The summed E-state index contributed by atoms with van der Waals surface area (Å²) in [6.07, 6.45) is 8.00. The highest BCUT2D eigenvalue weighted by Gasteiger charge is 2.30. The molecule has 7 heteroatoms. The molecule has 0 bridgehead atoms. The number of likely N-dealkylation sites (tertiary alicyclic amines) is 1. The Morgan fingerprint density at radius 3 is 2.71 bits per heavy atom. The van der Waals surface area contributed by atoms with E-state index in [1.165, 1.54) is 5.56 Å². The van der Waals surface area contributed by atoms with Gasteiger partial charge in [-0.15, -0.1) is 5.10 Å². The molecule has 1 unspecified atom stereocenters. The Labute approximate surface area is 166 Å². The molecule has 1 N–H and O–H groups in total. The van der Waals surface area contributed by atoms with Gasteiger partial charge in [0.15, 0.2) is 5.69 Å². The first kappa shape index (κ1) is 18.9. The van der Waals surface area contributed by atoms with E-state index in [0.29, 0.717) is 11.7 Å². The number of hydrogen-bond donors (Lipinski definition) is 1. The van der Waals surface area contributed by atoms with Crippen molar-refractivity contribution in [1.82, 2.24) is 25.2 Å². The van der Waals surface area contributed by atoms with Crippen LogP contribution in [0.25, 0.3) is 0 Å². The van der Waals surface area contributed by atoms with Crippen molar-refractivity contribution in [2.75, 3.05) is 26.7 Å². The molecular weight excluding hydrogens is 354 g/mol. The minimum atomic E-state index is 0.0124. The van der Waals surface area contributed by atoms with Crippen molar-refractivity contribution in [3.8, 4) is 5.75 Å². The van der Waals surface area contributed by atoms with E-state index in [2.05, 4.69) is 27.8 Å². The number of hydrogen-bond acceptors (Lipinski definition) is 5. The number of carbonyl (C=O) groups excluding carboxylic acids is 1. The minimum Gasteiger partial charge on any atom is -0.497 e. The van der Waals surface area contributed by atoms with Crippen LogP contribution in [-0.2, 0) is 6.42 Å². The molecule has 2 aromatic rings. The third-order valence-corrected chi connectivity index (χ3v) is 5.93. The second-order valence-electron chi connectivity index (χ2n) is 7.77. The molecule has 2 saturated heterocycles. The molecule has 0 spiro atoms. The highest BCUT2D eigenvalue weighted by molar-refractivity contribution is 5.92. The van der Waals surface area contributed by atoms with E-state index in [9.17, 15) is 4.79 Å². The summed E-state index contributed by atoms with van der Waals surface area (Å²) in [5, 5.41) is 11.8. The number of aromatic nitrogens is 3. The average molecular weight is 383 g/mol. The third kappa shape index (κ3) is 4.19. The van der Waals surface area contributed by atoms with Gasteiger partial charge in [0.25, 0.3) is 5.91 Å². The minimum absolute atomic E-state index is 0.0124. The average Bonchev–Trinajstić information content (AvgIpc) is 3.25. The van der Waals surface area contributed by atoms with Crippen molar-refractivity contribution in [1.29, 1.82) is 0 Å². The molecule has 7 nitrogen and oxygen atoms in total. The predicted octanol–water partition coefficient (Wildman–Crippen LogP) is 2.45.